The minimum Gasteiger partial charge on any atom is -0.380 e. The van der Waals surface area contributed by atoms with E-state index >= 15 is 0 Å². The molecular weight excluding hydrogens is 229 g/mol. The SMILES string of the molecule is CCOCCN(C)Cc1c(F)cccc1Cl. The first-order valence-corrected chi connectivity index (χ1v) is 5.72. The largest absolute Gasteiger partial charge is 0.380 e. The average molecular weight is 246 g/mol. The molecule has 0 saturated heterocycles. The first kappa shape index (κ1) is 13.4. The molecule has 4 heteroatoms. The molecule has 0 aliphatic carbocycles. The van der Waals surface area contributed by atoms with Crippen molar-refractivity contribution in [1.82, 2.24) is 4.90 Å². The maximum atomic E-state index is 13.5. The molecule has 2 nitrogen and oxygen atoms in total. The van der Waals surface area contributed by atoms with Gasteiger partial charge in [0, 0.05) is 30.3 Å². The summed E-state index contributed by atoms with van der Waals surface area (Å²) in [5.74, 6) is -0.254. The van der Waals surface area contributed by atoms with Gasteiger partial charge < -0.3 is 4.74 Å². The van der Waals surface area contributed by atoms with Crippen LogP contribution in [0.15, 0.2) is 18.2 Å². The van der Waals surface area contributed by atoms with Crippen molar-refractivity contribution in [2.75, 3.05) is 26.8 Å². The zero-order valence-corrected chi connectivity index (χ0v) is 10.4. The van der Waals surface area contributed by atoms with Crippen molar-refractivity contribution in [3.8, 4) is 0 Å². The lowest BCUT2D eigenvalue weighted by atomic mass is 10.2. The normalized spacial score (nSPS) is 11.1. The molecule has 90 valence electrons. The molecular formula is C12H17ClFNO. The van der Waals surface area contributed by atoms with Gasteiger partial charge in [-0.15, -0.1) is 0 Å². The molecule has 0 bridgehead atoms. The predicted molar refractivity (Wildman–Crippen MR) is 64.2 cm³/mol. The van der Waals surface area contributed by atoms with Crippen LogP contribution in [0.3, 0.4) is 0 Å². The smallest absolute Gasteiger partial charge is 0.129 e. The van der Waals surface area contributed by atoms with E-state index in [-0.39, 0.29) is 5.82 Å². The number of halogens is 2. The number of likely N-dealkylation sites (N-methyl/N-ethyl adjacent to an activating group) is 1. The summed E-state index contributed by atoms with van der Waals surface area (Å²) in [4.78, 5) is 1.99. The molecule has 0 N–H and O–H groups in total. The number of benzene rings is 1. The van der Waals surface area contributed by atoms with Crippen molar-refractivity contribution in [2.45, 2.75) is 13.5 Å². The molecule has 0 aliphatic heterocycles. The van der Waals surface area contributed by atoms with Crippen LogP contribution in [-0.2, 0) is 11.3 Å². The Morgan fingerprint density at radius 2 is 2.19 bits per heavy atom. The van der Waals surface area contributed by atoms with Gasteiger partial charge in [0.05, 0.1) is 6.61 Å². The van der Waals surface area contributed by atoms with Gasteiger partial charge in [-0.1, -0.05) is 17.7 Å². The molecule has 0 saturated carbocycles. The van der Waals surface area contributed by atoms with E-state index in [0.29, 0.717) is 30.3 Å². The molecule has 0 fully saturated rings. The van der Waals surface area contributed by atoms with Gasteiger partial charge in [0.15, 0.2) is 0 Å². The highest BCUT2D eigenvalue weighted by Crippen LogP contribution is 2.20. The van der Waals surface area contributed by atoms with Crippen molar-refractivity contribution >= 4 is 11.6 Å². The Balaban J connectivity index is 2.52. The molecule has 0 heterocycles. The van der Waals surface area contributed by atoms with Crippen LogP contribution >= 0.6 is 11.6 Å². The molecule has 1 aromatic carbocycles. The van der Waals surface area contributed by atoms with Gasteiger partial charge >= 0.3 is 0 Å². The third kappa shape index (κ3) is 4.08. The summed E-state index contributed by atoms with van der Waals surface area (Å²) >= 11 is 5.94. The first-order chi connectivity index (χ1) is 7.65. The molecule has 0 aliphatic rings. The predicted octanol–water partition coefficient (Wildman–Crippen LogP) is 2.95. The summed E-state index contributed by atoms with van der Waals surface area (Å²) in [6, 6.07) is 4.75. The van der Waals surface area contributed by atoms with Crippen LogP contribution in [0.1, 0.15) is 12.5 Å². The van der Waals surface area contributed by atoms with Crippen molar-refractivity contribution in [3.05, 3.63) is 34.6 Å². The van der Waals surface area contributed by atoms with Gasteiger partial charge in [0.2, 0.25) is 0 Å². The van der Waals surface area contributed by atoms with E-state index in [1.165, 1.54) is 6.07 Å². The molecule has 0 unspecified atom stereocenters. The van der Waals surface area contributed by atoms with E-state index in [1.54, 1.807) is 12.1 Å². The van der Waals surface area contributed by atoms with Gasteiger partial charge in [-0.25, -0.2) is 4.39 Å². The van der Waals surface area contributed by atoms with E-state index < -0.39 is 0 Å². The van der Waals surface area contributed by atoms with Gasteiger partial charge in [-0.3, -0.25) is 4.90 Å². The zero-order chi connectivity index (χ0) is 12.0. The van der Waals surface area contributed by atoms with Crippen molar-refractivity contribution < 1.29 is 9.13 Å². The van der Waals surface area contributed by atoms with Crippen LogP contribution in [0, 0.1) is 5.82 Å². The molecule has 0 amide bonds. The maximum absolute atomic E-state index is 13.5. The van der Waals surface area contributed by atoms with Crippen LogP contribution in [0.4, 0.5) is 4.39 Å². The van der Waals surface area contributed by atoms with Gasteiger partial charge in [-0.05, 0) is 26.1 Å². The number of hydrogen-bond acceptors (Lipinski definition) is 2. The Kier molecular flexibility index (Phi) is 5.74. The van der Waals surface area contributed by atoms with Crippen molar-refractivity contribution in [1.29, 1.82) is 0 Å². The highest BCUT2D eigenvalue weighted by Gasteiger charge is 2.09. The fraction of sp³-hybridized carbons (Fsp3) is 0.500. The summed E-state index contributed by atoms with van der Waals surface area (Å²) < 4.78 is 18.7. The average Bonchev–Trinajstić information content (AvgIpc) is 2.24. The van der Waals surface area contributed by atoms with Gasteiger partial charge in [-0.2, -0.15) is 0 Å². The molecule has 0 spiro atoms. The second-order valence-electron chi connectivity index (χ2n) is 3.63. The van der Waals surface area contributed by atoms with Gasteiger partial charge in [0.25, 0.3) is 0 Å². The lowest BCUT2D eigenvalue weighted by Gasteiger charge is -2.17. The third-order valence-corrected chi connectivity index (χ3v) is 2.67. The number of rotatable bonds is 6. The van der Waals surface area contributed by atoms with Crippen LogP contribution in [0.2, 0.25) is 5.02 Å². The van der Waals surface area contributed by atoms with Crippen LogP contribution in [-0.4, -0.2) is 31.7 Å². The number of ether oxygens (including phenoxy) is 1. The topological polar surface area (TPSA) is 12.5 Å². The quantitative estimate of drug-likeness (QED) is 0.715. The monoisotopic (exact) mass is 245 g/mol. The molecule has 1 aromatic rings. The van der Waals surface area contributed by atoms with E-state index in [4.69, 9.17) is 16.3 Å². The number of hydrogen-bond donors (Lipinski definition) is 0. The third-order valence-electron chi connectivity index (χ3n) is 2.31. The molecule has 0 radical (unpaired) electrons. The minimum atomic E-state index is -0.254. The Labute approximate surface area is 101 Å². The molecule has 1 rings (SSSR count). The Bertz CT molecular complexity index is 313. The Morgan fingerprint density at radius 3 is 2.81 bits per heavy atom. The molecule has 0 atom stereocenters. The second kappa shape index (κ2) is 6.84. The Hall–Kier alpha value is -0.640. The first-order valence-electron chi connectivity index (χ1n) is 5.34. The highest BCUT2D eigenvalue weighted by atomic mass is 35.5. The van der Waals surface area contributed by atoms with Crippen molar-refractivity contribution in [2.24, 2.45) is 0 Å². The van der Waals surface area contributed by atoms with Crippen LogP contribution in [0.5, 0.6) is 0 Å². The van der Waals surface area contributed by atoms with E-state index in [1.807, 2.05) is 18.9 Å². The lowest BCUT2D eigenvalue weighted by molar-refractivity contribution is 0.120. The molecule has 16 heavy (non-hydrogen) atoms. The van der Waals surface area contributed by atoms with E-state index in [0.717, 1.165) is 6.54 Å². The fourth-order valence-corrected chi connectivity index (χ4v) is 1.62. The zero-order valence-electron chi connectivity index (χ0n) is 9.67. The minimum absolute atomic E-state index is 0.254. The standard InChI is InChI=1S/C12H17ClFNO/c1-3-16-8-7-15(2)9-10-11(13)5-4-6-12(10)14/h4-6H,3,7-9H2,1-2H3. The van der Waals surface area contributed by atoms with Crippen molar-refractivity contribution in [3.63, 3.8) is 0 Å². The fourth-order valence-electron chi connectivity index (χ4n) is 1.40. The maximum Gasteiger partial charge on any atom is 0.129 e. The van der Waals surface area contributed by atoms with Gasteiger partial charge in [0.1, 0.15) is 5.82 Å². The highest BCUT2D eigenvalue weighted by molar-refractivity contribution is 6.31. The summed E-state index contributed by atoms with van der Waals surface area (Å²) in [7, 11) is 1.92. The summed E-state index contributed by atoms with van der Waals surface area (Å²) in [5.41, 5.74) is 0.545. The van der Waals surface area contributed by atoms with E-state index in [2.05, 4.69) is 0 Å². The van der Waals surface area contributed by atoms with Crippen LogP contribution < -0.4 is 0 Å². The summed E-state index contributed by atoms with van der Waals surface area (Å²) in [6.07, 6.45) is 0. The van der Waals surface area contributed by atoms with E-state index in [9.17, 15) is 4.39 Å². The van der Waals surface area contributed by atoms with Crippen LogP contribution in [0.25, 0.3) is 0 Å². The molecule has 0 aromatic heterocycles. The summed E-state index contributed by atoms with van der Waals surface area (Å²) in [5, 5.41) is 0.475. The lowest BCUT2D eigenvalue weighted by Crippen LogP contribution is -2.23. The second-order valence-corrected chi connectivity index (χ2v) is 4.04. The summed E-state index contributed by atoms with van der Waals surface area (Å²) in [6.45, 7) is 4.57. The Morgan fingerprint density at radius 1 is 1.44 bits per heavy atom. The number of nitrogens with zero attached hydrogens (tertiary/aromatic N) is 1.